The molecule has 0 unspecified atom stereocenters. The van der Waals surface area contributed by atoms with Crippen molar-refractivity contribution in [2.75, 3.05) is 16.2 Å². The molecule has 1 aromatic heterocycles. The number of nitrogens with one attached hydrogen (secondary N) is 1. The van der Waals surface area contributed by atoms with E-state index in [1.54, 1.807) is 53.1 Å². The van der Waals surface area contributed by atoms with Crippen LogP contribution in [0.2, 0.25) is 0 Å². The Morgan fingerprint density at radius 2 is 1.66 bits per heavy atom. The molecule has 182 valence electrons. The lowest BCUT2D eigenvalue weighted by molar-refractivity contribution is -0.114. The van der Waals surface area contributed by atoms with Crippen LogP contribution in [0.15, 0.2) is 70.4 Å². The van der Waals surface area contributed by atoms with Crippen molar-refractivity contribution in [1.29, 1.82) is 0 Å². The normalized spacial score (nSPS) is 11.5. The Kier molecular flexibility index (Phi) is 6.82. The Morgan fingerprint density at radius 1 is 0.971 bits per heavy atom. The van der Waals surface area contributed by atoms with Crippen molar-refractivity contribution in [1.82, 2.24) is 4.57 Å². The van der Waals surface area contributed by atoms with Gasteiger partial charge in [0.2, 0.25) is 5.91 Å². The predicted octanol–water partition coefficient (Wildman–Crippen LogP) is 4.84. The van der Waals surface area contributed by atoms with Crippen molar-refractivity contribution in [3.63, 3.8) is 0 Å². The zero-order valence-corrected chi connectivity index (χ0v) is 21.7. The van der Waals surface area contributed by atoms with Gasteiger partial charge in [-0.05, 0) is 69.7 Å². The third-order valence-electron chi connectivity index (χ3n) is 5.79. The molecule has 0 aliphatic rings. The molecule has 7 nitrogen and oxygen atoms in total. The van der Waals surface area contributed by atoms with Crippen LogP contribution in [-0.2, 0) is 21.4 Å². The Labute approximate surface area is 208 Å². The maximum atomic E-state index is 13.6. The lowest BCUT2D eigenvalue weighted by Crippen LogP contribution is -2.38. The molecule has 1 amide bonds. The van der Waals surface area contributed by atoms with Gasteiger partial charge >= 0.3 is 4.87 Å². The van der Waals surface area contributed by atoms with E-state index in [0.717, 1.165) is 42.5 Å². The Hall–Kier alpha value is -3.43. The van der Waals surface area contributed by atoms with Gasteiger partial charge in [0.1, 0.15) is 6.54 Å². The van der Waals surface area contributed by atoms with Crippen molar-refractivity contribution in [3.05, 3.63) is 87.0 Å². The molecular formula is C26H27N3O4S2. The molecule has 4 aromatic rings. The smallest absolute Gasteiger partial charge is 0.308 e. The molecule has 0 radical (unpaired) electrons. The summed E-state index contributed by atoms with van der Waals surface area (Å²) in [5, 5.41) is 2.79. The van der Waals surface area contributed by atoms with Gasteiger partial charge in [-0.2, -0.15) is 0 Å². The van der Waals surface area contributed by atoms with Gasteiger partial charge in [0, 0.05) is 12.2 Å². The zero-order valence-electron chi connectivity index (χ0n) is 20.0. The lowest BCUT2D eigenvalue weighted by atomic mass is 10.1. The van der Waals surface area contributed by atoms with E-state index in [-0.39, 0.29) is 9.77 Å². The number of rotatable bonds is 7. The topological polar surface area (TPSA) is 88.5 Å². The Bertz CT molecular complexity index is 1570. The number of benzene rings is 3. The van der Waals surface area contributed by atoms with Crippen LogP contribution in [0.3, 0.4) is 0 Å². The number of hydrogen-bond donors (Lipinski definition) is 1. The number of sulfonamides is 1. The van der Waals surface area contributed by atoms with E-state index >= 15 is 0 Å². The van der Waals surface area contributed by atoms with E-state index in [9.17, 15) is 18.0 Å². The van der Waals surface area contributed by atoms with Crippen molar-refractivity contribution in [2.45, 2.75) is 39.1 Å². The molecule has 0 aliphatic carbocycles. The third kappa shape index (κ3) is 5.01. The highest BCUT2D eigenvalue weighted by Crippen LogP contribution is 2.28. The number of hydrogen-bond acceptors (Lipinski definition) is 5. The molecule has 0 spiro atoms. The summed E-state index contributed by atoms with van der Waals surface area (Å²) in [6.45, 7) is 7.70. The van der Waals surface area contributed by atoms with Crippen LogP contribution in [-0.4, -0.2) is 25.4 Å². The summed E-state index contributed by atoms with van der Waals surface area (Å²) < 4.78 is 30.8. The number of aromatic nitrogens is 1. The first kappa shape index (κ1) is 24.7. The number of fused-ring (bicyclic) bond motifs is 1. The first-order chi connectivity index (χ1) is 16.6. The number of aryl methyl sites for hydroxylation is 4. The molecule has 0 aliphatic heterocycles. The maximum Gasteiger partial charge on any atom is 0.308 e. The van der Waals surface area contributed by atoms with Crippen molar-refractivity contribution >= 4 is 48.9 Å². The largest absolute Gasteiger partial charge is 0.324 e. The summed E-state index contributed by atoms with van der Waals surface area (Å²) in [4.78, 5) is 25.3. The summed E-state index contributed by atoms with van der Waals surface area (Å²) in [5.74, 6) is -0.484. The molecular weight excluding hydrogens is 482 g/mol. The van der Waals surface area contributed by atoms with Crippen LogP contribution in [0.4, 0.5) is 11.4 Å². The average Bonchev–Trinajstić information content (AvgIpc) is 3.12. The predicted molar refractivity (Wildman–Crippen MR) is 142 cm³/mol. The number of carbonyl (C=O) groups is 1. The van der Waals surface area contributed by atoms with Gasteiger partial charge in [0.05, 0.1) is 20.8 Å². The first-order valence-corrected chi connectivity index (χ1v) is 13.5. The van der Waals surface area contributed by atoms with Crippen molar-refractivity contribution < 1.29 is 13.2 Å². The van der Waals surface area contributed by atoms with Gasteiger partial charge < -0.3 is 5.32 Å². The second kappa shape index (κ2) is 9.67. The van der Waals surface area contributed by atoms with Gasteiger partial charge in [-0.3, -0.25) is 18.5 Å². The van der Waals surface area contributed by atoms with Crippen LogP contribution in [0, 0.1) is 20.8 Å². The Morgan fingerprint density at radius 3 is 2.31 bits per heavy atom. The van der Waals surface area contributed by atoms with E-state index in [1.165, 1.54) is 0 Å². The summed E-state index contributed by atoms with van der Waals surface area (Å²) in [5.41, 5.74) is 4.43. The fourth-order valence-electron chi connectivity index (χ4n) is 4.00. The molecule has 9 heteroatoms. The second-order valence-corrected chi connectivity index (χ2v) is 11.3. The maximum absolute atomic E-state index is 13.6. The van der Waals surface area contributed by atoms with Crippen molar-refractivity contribution in [2.24, 2.45) is 0 Å². The zero-order chi connectivity index (χ0) is 25.3. The van der Waals surface area contributed by atoms with Crippen LogP contribution in [0.1, 0.15) is 23.6 Å². The van der Waals surface area contributed by atoms with Gasteiger partial charge in [0.25, 0.3) is 10.0 Å². The number of anilines is 2. The first-order valence-electron chi connectivity index (χ1n) is 11.2. The highest BCUT2D eigenvalue weighted by molar-refractivity contribution is 7.92. The molecule has 0 saturated carbocycles. The minimum absolute atomic E-state index is 0.0591. The molecule has 3 aromatic carbocycles. The SMILES string of the molecule is CCn1c(=O)sc2cc(NC(=O)CN(c3ccc(C)cc3C)S(=O)(=O)c3ccc(C)cc3)ccc21. The lowest BCUT2D eigenvalue weighted by Gasteiger charge is -2.26. The molecule has 0 saturated heterocycles. The highest BCUT2D eigenvalue weighted by atomic mass is 32.2. The van der Waals surface area contributed by atoms with E-state index in [2.05, 4.69) is 5.32 Å². The molecule has 0 atom stereocenters. The number of thiazole rings is 1. The summed E-state index contributed by atoms with van der Waals surface area (Å²) in [6, 6.07) is 17.2. The number of amides is 1. The molecule has 35 heavy (non-hydrogen) atoms. The van der Waals surface area contributed by atoms with Gasteiger partial charge in [-0.1, -0.05) is 46.7 Å². The van der Waals surface area contributed by atoms with E-state index in [0.29, 0.717) is 17.9 Å². The average molecular weight is 510 g/mol. The van der Waals surface area contributed by atoms with E-state index in [4.69, 9.17) is 0 Å². The minimum atomic E-state index is -4.00. The molecule has 0 bridgehead atoms. The van der Waals surface area contributed by atoms with Gasteiger partial charge in [0.15, 0.2) is 0 Å². The van der Waals surface area contributed by atoms with Crippen molar-refractivity contribution in [3.8, 4) is 0 Å². The summed E-state index contributed by atoms with van der Waals surface area (Å²) >= 11 is 1.11. The quantitative estimate of drug-likeness (QED) is 0.386. The monoisotopic (exact) mass is 509 g/mol. The fourth-order valence-corrected chi connectivity index (χ4v) is 6.48. The minimum Gasteiger partial charge on any atom is -0.324 e. The van der Waals surface area contributed by atoms with E-state index < -0.39 is 22.5 Å². The highest BCUT2D eigenvalue weighted by Gasteiger charge is 2.28. The standard InChI is InChI=1S/C26H27N3O4S2/c1-5-28-23-13-9-20(15-24(23)34-26(28)31)27-25(30)16-29(22-12-8-18(3)14-19(22)4)35(32,33)21-10-6-17(2)7-11-21/h6-15H,5,16H2,1-4H3,(H,27,30). The molecule has 1 N–H and O–H groups in total. The fraction of sp³-hybridized carbons (Fsp3) is 0.231. The van der Waals surface area contributed by atoms with Crippen LogP contribution in [0.25, 0.3) is 10.2 Å². The Balaban J connectivity index is 1.67. The van der Waals surface area contributed by atoms with E-state index in [1.807, 2.05) is 39.8 Å². The molecule has 0 fully saturated rings. The molecule has 4 rings (SSSR count). The number of nitrogens with zero attached hydrogens (tertiary/aromatic N) is 2. The van der Waals surface area contributed by atoms with Crippen LogP contribution >= 0.6 is 11.3 Å². The van der Waals surface area contributed by atoms with Gasteiger partial charge in [-0.15, -0.1) is 0 Å². The summed E-state index contributed by atoms with van der Waals surface area (Å²) in [6.07, 6.45) is 0. The number of carbonyl (C=O) groups excluding carboxylic acids is 1. The van der Waals surface area contributed by atoms with Crippen LogP contribution in [0.5, 0.6) is 0 Å². The second-order valence-electron chi connectivity index (χ2n) is 8.46. The van der Waals surface area contributed by atoms with Gasteiger partial charge in [-0.25, -0.2) is 8.42 Å². The summed E-state index contributed by atoms with van der Waals surface area (Å²) in [7, 11) is -4.00. The molecule has 1 heterocycles. The third-order valence-corrected chi connectivity index (χ3v) is 8.50. The van der Waals surface area contributed by atoms with Crippen LogP contribution < -0.4 is 14.5 Å².